The summed E-state index contributed by atoms with van der Waals surface area (Å²) in [5.41, 5.74) is 1.65. The summed E-state index contributed by atoms with van der Waals surface area (Å²) in [4.78, 5) is 32.2. The molecule has 0 bridgehead atoms. The van der Waals surface area contributed by atoms with Crippen LogP contribution in [0.2, 0.25) is 10.0 Å². The van der Waals surface area contributed by atoms with E-state index in [1.165, 1.54) is 57.2 Å². The Labute approximate surface area is 363 Å². The molecule has 0 atom stereocenters. The average Bonchev–Trinajstić information content (AvgIpc) is 3.28. The number of rotatable bonds is 15. The van der Waals surface area contributed by atoms with Gasteiger partial charge in [-0.25, -0.2) is 28.7 Å². The Hall–Kier alpha value is -7.30. The van der Waals surface area contributed by atoms with Gasteiger partial charge in [-0.15, -0.1) is 0 Å². The van der Waals surface area contributed by atoms with Crippen LogP contribution in [-0.2, 0) is 6.54 Å². The summed E-state index contributed by atoms with van der Waals surface area (Å²) in [7, 11) is 3.07. The number of nitrogens with one attached hydrogen (secondary N) is 2. The normalized spacial score (nSPS) is 10.7. The first kappa shape index (κ1) is 42.8. The average molecular weight is 882 g/mol. The van der Waals surface area contributed by atoms with Crippen LogP contribution < -0.4 is 39.7 Å². The molecule has 4 aromatic carbocycles. The van der Waals surface area contributed by atoms with Gasteiger partial charge in [0.05, 0.1) is 43.2 Å². The van der Waals surface area contributed by atoms with E-state index in [0.717, 1.165) is 0 Å². The maximum Gasteiger partial charge on any atom is 0.181 e. The van der Waals surface area contributed by atoms with Gasteiger partial charge in [-0.1, -0.05) is 23.2 Å². The van der Waals surface area contributed by atoms with Crippen molar-refractivity contribution in [1.82, 2.24) is 29.5 Å². The van der Waals surface area contributed by atoms with Crippen LogP contribution in [0, 0.1) is 11.6 Å². The number of benzene rings is 4. The van der Waals surface area contributed by atoms with Crippen LogP contribution >= 0.6 is 23.2 Å². The lowest BCUT2D eigenvalue weighted by atomic mass is 10.2. The zero-order valence-electron chi connectivity index (χ0n) is 33.0. The van der Waals surface area contributed by atoms with Crippen LogP contribution in [0.25, 0.3) is 21.8 Å². The van der Waals surface area contributed by atoms with Gasteiger partial charge in [-0.3, -0.25) is 9.78 Å². The lowest BCUT2D eigenvalue weighted by Gasteiger charge is -2.14. The zero-order chi connectivity index (χ0) is 43.4. The molecule has 2 N–H and O–H groups in total. The number of pyridine rings is 2. The fraction of sp³-hybridized carbons (Fsp3) is 0.136. The Morgan fingerprint density at radius 2 is 1.10 bits per heavy atom. The van der Waals surface area contributed by atoms with Crippen molar-refractivity contribution in [1.29, 1.82) is 0 Å². The van der Waals surface area contributed by atoms with Crippen LogP contribution in [0.15, 0.2) is 127 Å². The van der Waals surface area contributed by atoms with E-state index in [1.54, 1.807) is 79.4 Å². The number of ether oxygens (including phenoxy) is 5. The summed E-state index contributed by atoms with van der Waals surface area (Å²) in [5.74, 6) is 2.58. The van der Waals surface area contributed by atoms with Gasteiger partial charge in [0.1, 0.15) is 61.5 Å². The Morgan fingerprint density at radius 3 is 1.60 bits per heavy atom. The van der Waals surface area contributed by atoms with E-state index >= 15 is 0 Å². The fourth-order valence-corrected chi connectivity index (χ4v) is 6.23. The molecule has 316 valence electrons. The third kappa shape index (κ3) is 10.9. The molecule has 62 heavy (non-hydrogen) atoms. The number of methoxy groups -OCH3 is 2. The zero-order valence-corrected chi connectivity index (χ0v) is 34.5. The molecule has 0 fully saturated rings. The van der Waals surface area contributed by atoms with E-state index in [9.17, 15) is 13.6 Å². The molecule has 8 aromatic rings. The van der Waals surface area contributed by atoms with Gasteiger partial charge in [-0.2, -0.15) is 0 Å². The van der Waals surface area contributed by atoms with Crippen LogP contribution in [0.5, 0.6) is 28.7 Å². The molecule has 0 amide bonds. The standard InChI is InChI=1S/2C22H18ClFN4O3/c1-30-20-11-16-19(12-21(20)31-9-8-28-6-4-15(29)5-7-28)25-13-26-22(16)27-18-3-2-14(23)10-17(18)24;1-29-20-11-16-19(12-21(20)31-9-8-30-15-4-6-25-7-5-15)26-13-27-22(16)28-18-3-2-14(23)10-17(18)24/h2-7,10-13H,8-9H2,1H3,(H,25,26,27);2-7,10-13H,8-9H2,1H3,(H,26,27,28). The first-order valence-corrected chi connectivity index (χ1v) is 19.5. The molecule has 8 rings (SSSR count). The van der Waals surface area contributed by atoms with Crippen molar-refractivity contribution in [3.05, 3.63) is 154 Å². The molecular formula is C44H36Cl2F2N8O6. The Balaban J connectivity index is 0.000000186. The van der Waals surface area contributed by atoms with Crippen LogP contribution in [0.1, 0.15) is 0 Å². The summed E-state index contributed by atoms with van der Waals surface area (Å²) in [5, 5.41) is 7.86. The molecule has 0 aliphatic rings. The molecule has 0 unspecified atom stereocenters. The van der Waals surface area contributed by atoms with Gasteiger partial charge in [0.25, 0.3) is 0 Å². The van der Waals surface area contributed by atoms with Crippen LogP contribution in [-0.4, -0.2) is 63.5 Å². The predicted molar refractivity (Wildman–Crippen MR) is 233 cm³/mol. The Kier molecular flexibility index (Phi) is 14.0. The summed E-state index contributed by atoms with van der Waals surface area (Å²) < 4.78 is 58.5. The summed E-state index contributed by atoms with van der Waals surface area (Å²) >= 11 is 11.6. The fourth-order valence-electron chi connectivity index (χ4n) is 5.91. The maximum absolute atomic E-state index is 14.2. The lowest BCUT2D eigenvalue weighted by molar-refractivity contribution is 0.211. The van der Waals surface area contributed by atoms with Gasteiger partial charge in [0.15, 0.2) is 28.4 Å². The summed E-state index contributed by atoms with van der Waals surface area (Å²) in [6, 6.07) is 22.2. The highest BCUT2D eigenvalue weighted by molar-refractivity contribution is 6.31. The highest BCUT2D eigenvalue weighted by Gasteiger charge is 2.15. The second kappa shape index (κ2) is 20.3. The smallest absolute Gasteiger partial charge is 0.181 e. The van der Waals surface area contributed by atoms with Gasteiger partial charge in [-0.05, 0) is 60.7 Å². The van der Waals surface area contributed by atoms with Crippen molar-refractivity contribution in [2.75, 3.05) is 44.7 Å². The van der Waals surface area contributed by atoms with E-state index in [0.29, 0.717) is 98.6 Å². The summed E-state index contributed by atoms with van der Waals surface area (Å²) in [6.07, 6.45) is 9.48. The molecule has 0 saturated carbocycles. The molecule has 14 nitrogen and oxygen atoms in total. The molecule has 0 aliphatic carbocycles. The second-order valence-corrected chi connectivity index (χ2v) is 13.9. The van der Waals surface area contributed by atoms with Gasteiger partial charge in [0.2, 0.25) is 0 Å². The minimum atomic E-state index is -0.492. The van der Waals surface area contributed by atoms with Gasteiger partial charge >= 0.3 is 0 Å². The number of hydrogen-bond donors (Lipinski definition) is 2. The van der Waals surface area contributed by atoms with Crippen molar-refractivity contribution in [2.45, 2.75) is 6.54 Å². The van der Waals surface area contributed by atoms with Gasteiger partial charge < -0.3 is 38.9 Å². The minimum absolute atomic E-state index is 0.0454. The van der Waals surface area contributed by atoms with Gasteiger partial charge in [0, 0.05) is 69.9 Å². The second-order valence-electron chi connectivity index (χ2n) is 13.0. The molecule has 0 radical (unpaired) electrons. The maximum atomic E-state index is 14.2. The number of nitrogens with zero attached hydrogens (tertiary/aromatic N) is 6. The molecule has 0 saturated heterocycles. The van der Waals surface area contributed by atoms with Crippen molar-refractivity contribution in [3.8, 4) is 28.7 Å². The monoisotopic (exact) mass is 880 g/mol. The highest BCUT2D eigenvalue weighted by atomic mass is 35.5. The number of hydrogen-bond acceptors (Lipinski definition) is 13. The van der Waals surface area contributed by atoms with E-state index in [-0.39, 0.29) is 16.8 Å². The number of halogens is 4. The first-order chi connectivity index (χ1) is 30.2. The topological polar surface area (TPSA) is 157 Å². The molecular weight excluding hydrogens is 845 g/mol. The van der Waals surface area contributed by atoms with Crippen molar-refractivity contribution in [2.24, 2.45) is 0 Å². The number of anilines is 4. The lowest BCUT2D eigenvalue weighted by Crippen LogP contribution is -2.10. The third-order valence-corrected chi connectivity index (χ3v) is 9.41. The van der Waals surface area contributed by atoms with E-state index in [4.69, 9.17) is 46.9 Å². The molecule has 0 spiro atoms. The molecule has 4 heterocycles. The number of fused-ring (bicyclic) bond motifs is 2. The quantitative estimate of drug-likeness (QED) is 0.0940. The Bertz CT molecular complexity index is 2860. The summed E-state index contributed by atoms with van der Waals surface area (Å²) in [6.45, 7) is 1.55. The van der Waals surface area contributed by atoms with Crippen LogP contribution in [0.4, 0.5) is 31.8 Å². The van der Waals surface area contributed by atoms with E-state index < -0.39 is 11.6 Å². The van der Waals surface area contributed by atoms with Crippen molar-refractivity contribution >= 4 is 68.0 Å². The predicted octanol–water partition coefficient (Wildman–Crippen LogP) is 9.44. The highest BCUT2D eigenvalue weighted by Crippen LogP contribution is 2.37. The SMILES string of the molecule is COc1cc2c(Nc3ccc(Cl)cc3F)ncnc2cc1OCCOc1ccncc1.COc1cc2c(Nc3ccc(Cl)cc3F)ncnc2cc1OCCn1ccc(=O)cc1. The first-order valence-electron chi connectivity index (χ1n) is 18.7. The van der Waals surface area contributed by atoms with E-state index in [1.807, 2.05) is 4.57 Å². The van der Waals surface area contributed by atoms with E-state index in [2.05, 4.69) is 35.6 Å². The largest absolute Gasteiger partial charge is 0.493 e. The minimum Gasteiger partial charge on any atom is -0.493 e. The van der Waals surface area contributed by atoms with Crippen molar-refractivity contribution < 1.29 is 32.5 Å². The van der Waals surface area contributed by atoms with Crippen molar-refractivity contribution in [3.63, 3.8) is 0 Å². The van der Waals surface area contributed by atoms with Crippen LogP contribution in [0.3, 0.4) is 0 Å². The molecule has 18 heteroatoms. The molecule has 0 aliphatic heterocycles. The Morgan fingerprint density at radius 1 is 0.597 bits per heavy atom. The number of aromatic nitrogens is 6. The molecule has 4 aromatic heterocycles. The third-order valence-electron chi connectivity index (χ3n) is 8.94.